The molecule has 0 saturated heterocycles. The maximum atomic E-state index is 12.8. The highest BCUT2D eigenvalue weighted by Gasteiger charge is 2.17. The van der Waals surface area contributed by atoms with Gasteiger partial charge in [0.2, 0.25) is 0 Å². The molecule has 0 fully saturated rings. The molecule has 0 aliphatic carbocycles. The molecular weight excluding hydrogens is 354 g/mol. The van der Waals surface area contributed by atoms with Crippen molar-refractivity contribution < 1.29 is 13.7 Å². The number of amides is 1. The van der Waals surface area contributed by atoms with Gasteiger partial charge in [0.15, 0.2) is 5.76 Å². The van der Waals surface area contributed by atoms with Crippen LogP contribution >= 0.6 is 11.6 Å². The van der Waals surface area contributed by atoms with E-state index in [1.54, 1.807) is 49.6 Å². The molecule has 3 aromatic heterocycles. The van der Waals surface area contributed by atoms with Crippen LogP contribution in [0.15, 0.2) is 57.7 Å². The van der Waals surface area contributed by atoms with Crippen LogP contribution in [-0.2, 0) is 6.54 Å². The fraction of sp³-hybridized carbons (Fsp3) is 0.105. The summed E-state index contributed by atoms with van der Waals surface area (Å²) in [6.07, 6.45) is 1.56. The molecule has 4 aromatic rings. The number of nitrogens with one attached hydrogen (secondary N) is 1. The van der Waals surface area contributed by atoms with E-state index in [0.717, 1.165) is 0 Å². The van der Waals surface area contributed by atoms with Crippen LogP contribution < -0.4 is 5.32 Å². The molecule has 1 N–H and O–H groups in total. The second-order valence-corrected chi connectivity index (χ2v) is 6.19. The second-order valence-electron chi connectivity index (χ2n) is 5.78. The number of fused-ring (bicyclic) bond motifs is 1. The molecule has 0 unspecified atom stereocenters. The molecule has 7 heteroatoms. The van der Waals surface area contributed by atoms with E-state index < -0.39 is 0 Å². The van der Waals surface area contributed by atoms with Crippen LogP contribution in [0.25, 0.3) is 22.4 Å². The van der Waals surface area contributed by atoms with Crippen molar-refractivity contribution in [2.75, 3.05) is 0 Å². The molecule has 3 heterocycles. The summed E-state index contributed by atoms with van der Waals surface area (Å²) >= 11 is 6.30. The highest BCUT2D eigenvalue weighted by Crippen LogP contribution is 2.29. The molecule has 4 rings (SSSR count). The summed E-state index contributed by atoms with van der Waals surface area (Å²) in [6.45, 7) is 2.06. The summed E-state index contributed by atoms with van der Waals surface area (Å²) in [6, 6.07) is 12.4. The Morgan fingerprint density at radius 2 is 2.12 bits per heavy atom. The Hall–Kier alpha value is -3.12. The lowest BCUT2D eigenvalue weighted by molar-refractivity contribution is 0.0951. The van der Waals surface area contributed by atoms with Gasteiger partial charge in [-0.2, -0.15) is 0 Å². The number of carbonyl (C=O) groups is 1. The first-order chi connectivity index (χ1) is 12.6. The van der Waals surface area contributed by atoms with E-state index >= 15 is 0 Å². The molecule has 0 saturated carbocycles. The summed E-state index contributed by atoms with van der Waals surface area (Å²) in [7, 11) is 0. The van der Waals surface area contributed by atoms with Crippen molar-refractivity contribution in [1.29, 1.82) is 0 Å². The normalized spacial score (nSPS) is 11.0. The molecule has 0 atom stereocenters. The lowest BCUT2D eigenvalue weighted by Gasteiger charge is -2.10. The lowest BCUT2D eigenvalue weighted by Crippen LogP contribution is -2.23. The third-order valence-electron chi connectivity index (χ3n) is 3.92. The van der Waals surface area contributed by atoms with Gasteiger partial charge in [0.1, 0.15) is 17.1 Å². The third kappa shape index (κ3) is 3.07. The van der Waals surface area contributed by atoms with E-state index in [-0.39, 0.29) is 12.5 Å². The van der Waals surface area contributed by atoms with Crippen molar-refractivity contribution in [2.24, 2.45) is 0 Å². The van der Waals surface area contributed by atoms with Gasteiger partial charge in [0, 0.05) is 11.5 Å². The summed E-state index contributed by atoms with van der Waals surface area (Å²) in [4.78, 5) is 17.3. The molecule has 0 aliphatic rings. The molecule has 1 aromatic carbocycles. The highest BCUT2D eigenvalue weighted by atomic mass is 35.5. The Balaban J connectivity index is 1.74. The molecule has 0 radical (unpaired) electrons. The van der Waals surface area contributed by atoms with E-state index in [1.807, 2.05) is 6.07 Å². The van der Waals surface area contributed by atoms with Crippen LogP contribution in [0.4, 0.5) is 0 Å². The Bertz CT molecular complexity index is 1090. The molecule has 0 bridgehead atoms. The zero-order valence-corrected chi connectivity index (χ0v) is 14.6. The fourth-order valence-electron chi connectivity index (χ4n) is 2.72. The smallest absolute Gasteiger partial charge is 0.252 e. The summed E-state index contributed by atoms with van der Waals surface area (Å²) in [5, 5.41) is 7.87. The number of furan rings is 1. The van der Waals surface area contributed by atoms with Crippen molar-refractivity contribution in [2.45, 2.75) is 13.5 Å². The van der Waals surface area contributed by atoms with Crippen LogP contribution in [-0.4, -0.2) is 16.0 Å². The topological polar surface area (TPSA) is 81.2 Å². The Morgan fingerprint density at radius 3 is 2.85 bits per heavy atom. The number of nitrogens with zero attached hydrogens (tertiary/aromatic N) is 2. The predicted molar refractivity (Wildman–Crippen MR) is 96.9 cm³/mol. The largest absolute Gasteiger partial charge is 0.463 e. The molecule has 6 nitrogen and oxygen atoms in total. The number of carbonyl (C=O) groups excluding carboxylic acids is 1. The molecule has 1 amide bonds. The molecule has 0 spiro atoms. The van der Waals surface area contributed by atoms with Crippen LogP contribution in [0, 0.1) is 6.92 Å². The van der Waals surface area contributed by atoms with Gasteiger partial charge in [0.25, 0.3) is 5.91 Å². The summed E-state index contributed by atoms with van der Waals surface area (Å²) in [5.41, 5.74) is 2.20. The average Bonchev–Trinajstić information content (AvgIpc) is 3.31. The Morgan fingerprint density at radius 1 is 1.23 bits per heavy atom. The van der Waals surface area contributed by atoms with E-state index in [1.165, 1.54) is 0 Å². The standard InChI is InChI=1S/C19H14ClN3O3/c1-11-8-12(23-26-11)10-21-19(24)14-9-16(17-6-3-7-25-17)22-18-13(14)4-2-5-15(18)20/h2-9H,10H2,1H3,(H,21,24). The first-order valence-corrected chi connectivity index (χ1v) is 8.33. The average molecular weight is 368 g/mol. The number of hydrogen-bond donors (Lipinski definition) is 1. The van der Waals surface area contributed by atoms with Gasteiger partial charge < -0.3 is 14.3 Å². The number of hydrogen-bond acceptors (Lipinski definition) is 5. The quantitative estimate of drug-likeness (QED) is 0.579. The molecule has 0 aliphatic heterocycles. The zero-order chi connectivity index (χ0) is 18.1. The number of aryl methyl sites for hydroxylation is 1. The lowest BCUT2D eigenvalue weighted by atomic mass is 10.1. The molecule has 130 valence electrons. The Labute approximate surface area is 153 Å². The van der Waals surface area contributed by atoms with Gasteiger partial charge in [0.05, 0.1) is 28.9 Å². The van der Waals surface area contributed by atoms with E-state index in [0.29, 0.717) is 44.4 Å². The molecular formula is C19H14ClN3O3. The number of rotatable bonds is 4. The van der Waals surface area contributed by atoms with Crippen molar-refractivity contribution in [3.8, 4) is 11.5 Å². The number of pyridine rings is 1. The van der Waals surface area contributed by atoms with Crippen LogP contribution in [0.1, 0.15) is 21.8 Å². The van der Waals surface area contributed by atoms with Crippen molar-refractivity contribution >= 4 is 28.4 Å². The van der Waals surface area contributed by atoms with E-state index in [9.17, 15) is 4.79 Å². The molecule has 26 heavy (non-hydrogen) atoms. The van der Waals surface area contributed by atoms with Gasteiger partial charge in [-0.3, -0.25) is 4.79 Å². The summed E-state index contributed by atoms with van der Waals surface area (Å²) < 4.78 is 10.4. The highest BCUT2D eigenvalue weighted by molar-refractivity contribution is 6.35. The van der Waals surface area contributed by atoms with E-state index in [2.05, 4.69) is 15.5 Å². The second kappa shape index (κ2) is 6.65. The first-order valence-electron chi connectivity index (χ1n) is 7.95. The number of benzene rings is 1. The van der Waals surface area contributed by atoms with E-state index in [4.69, 9.17) is 20.5 Å². The maximum Gasteiger partial charge on any atom is 0.252 e. The van der Waals surface area contributed by atoms with Crippen LogP contribution in [0.3, 0.4) is 0 Å². The minimum atomic E-state index is -0.256. The Kier molecular flexibility index (Phi) is 4.18. The zero-order valence-electron chi connectivity index (χ0n) is 13.8. The predicted octanol–water partition coefficient (Wildman–Crippen LogP) is 4.37. The fourth-order valence-corrected chi connectivity index (χ4v) is 2.94. The van der Waals surface area contributed by atoms with Gasteiger partial charge >= 0.3 is 0 Å². The number of para-hydroxylation sites is 1. The van der Waals surface area contributed by atoms with Gasteiger partial charge in [-0.05, 0) is 31.2 Å². The monoisotopic (exact) mass is 367 g/mol. The van der Waals surface area contributed by atoms with Gasteiger partial charge in [-0.25, -0.2) is 4.98 Å². The number of halogens is 1. The minimum absolute atomic E-state index is 0.256. The van der Waals surface area contributed by atoms with Crippen molar-refractivity contribution in [3.63, 3.8) is 0 Å². The van der Waals surface area contributed by atoms with Gasteiger partial charge in [-0.1, -0.05) is 28.9 Å². The SMILES string of the molecule is Cc1cc(CNC(=O)c2cc(-c3ccco3)nc3c(Cl)cccc23)no1. The van der Waals surface area contributed by atoms with Crippen molar-refractivity contribution in [1.82, 2.24) is 15.5 Å². The minimum Gasteiger partial charge on any atom is -0.463 e. The number of aromatic nitrogens is 2. The van der Waals surface area contributed by atoms with Crippen LogP contribution in [0.5, 0.6) is 0 Å². The van der Waals surface area contributed by atoms with Crippen LogP contribution in [0.2, 0.25) is 5.02 Å². The first kappa shape index (κ1) is 16.4. The van der Waals surface area contributed by atoms with Gasteiger partial charge in [-0.15, -0.1) is 0 Å². The maximum absolute atomic E-state index is 12.8. The summed E-state index contributed by atoms with van der Waals surface area (Å²) in [5.74, 6) is 0.997. The third-order valence-corrected chi connectivity index (χ3v) is 4.22. The van der Waals surface area contributed by atoms with Crippen molar-refractivity contribution in [3.05, 3.63) is 70.8 Å².